The third-order valence-electron chi connectivity index (χ3n) is 6.17. The maximum Gasteiger partial charge on any atom is 0.225 e. The number of guanidine groups is 1. The molecule has 28 heavy (non-hydrogen) atoms. The number of halogens is 1. The van der Waals surface area contributed by atoms with Crippen molar-refractivity contribution in [3.63, 3.8) is 0 Å². The smallest absolute Gasteiger partial charge is 0.225 e. The van der Waals surface area contributed by atoms with Crippen LogP contribution >= 0.6 is 11.6 Å². The number of hydrogen-bond donors (Lipinski definition) is 2. The van der Waals surface area contributed by atoms with Crippen molar-refractivity contribution in [1.82, 2.24) is 15.5 Å². The van der Waals surface area contributed by atoms with Gasteiger partial charge in [-0.05, 0) is 37.0 Å². The minimum Gasteiger partial charge on any atom is -0.356 e. The number of hydrogen-bond acceptors (Lipinski definition) is 2. The summed E-state index contributed by atoms with van der Waals surface area (Å²) in [6, 6.07) is 8.56. The van der Waals surface area contributed by atoms with E-state index in [0.29, 0.717) is 0 Å². The fourth-order valence-electron chi connectivity index (χ4n) is 4.51. The van der Waals surface area contributed by atoms with Gasteiger partial charge < -0.3 is 15.5 Å². The topological polar surface area (TPSA) is 56.7 Å². The zero-order chi connectivity index (χ0) is 20.1. The van der Waals surface area contributed by atoms with Crippen molar-refractivity contribution in [2.75, 3.05) is 26.7 Å². The Morgan fingerprint density at radius 1 is 1.29 bits per heavy atom. The number of amides is 1. The molecule has 1 saturated heterocycles. The van der Waals surface area contributed by atoms with E-state index in [9.17, 15) is 4.79 Å². The van der Waals surface area contributed by atoms with Gasteiger partial charge in [-0.1, -0.05) is 50.4 Å². The molecular formula is C22H33ClN4O. The Hall–Kier alpha value is -1.75. The molecule has 1 aromatic rings. The maximum atomic E-state index is 12.2. The molecule has 154 valence electrons. The lowest BCUT2D eigenvalue weighted by Gasteiger charge is -2.31. The molecule has 2 N–H and O–H groups in total. The highest BCUT2D eigenvalue weighted by atomic mass is 35.5. The first-order chi connectivity index (χ1) is 13.4. The normalized spacial score (nSPS) is 22.0. The number of benzene rings is 1. The van der Waals surface area contributed by atoms with Crippen LogP contribution in [0.5, 0.6) is 0 Å². The molecule has 6 heteroatoms. The summed E-state index contributed by atoms with van der Waals surface area (Å²) in [6.45, 7) is 6.35. The zero-order valence-corrected chi connectivity index (χ0v) is 18.1. The number of rotatable bonds is 5. The molecule has 0 bridgehead atoms. The molecule has 2 fully saturated rings. The van der Waals surface area contributed by atoms with E-state index >= 15 is 0 Å². The van der Waals surface area contributed by atoms with Gasteiger partial charge in [0.25, 0.3) is 0 Å². The van der Waals surface area contributed by atoms with Crippen LogP contribution in [0.3, 0.4) is 0 Å². The minimum absolute atomic E-state index is 0.0535. The Kier molecular flexibility index (Phi) is 6.86. The number of carbonyl (C=O) groups is 1. The zero-order valence-electron chi connectivity index (χ0n) is 17.3. The van der Waals surface area contributed by atoms with E-state index in [1.54, 1.807) is 0 Å². The SMILES string of the molecule is CN=C(NCC1(c2ccc(Cl)cc2)CCCC1)NC1CCN(C(=O)C(C)C)C1. The van der Waals surface area contributed by atoms with Crippen molar-refractivity contribution in [2.45, 2.75) is 57.4 Å². The molecule has 1 aromatic carbocycles. The Bertz CT molecular complexity index is 695. The minimum atomic E-state index is 0.0535. The Morgan fingerprint density at radius 3 is 2.57 bits per heavy atom. The van der Waals surface area contributed by atoms with Crippen LogP contribution in [0.25, 0.3) is 0 Å². The fourth-order valence-corrected chi connectivity index (χ4v) is 4.63. The molecule has 3 rings (SSSR count). The first-order valence-corrected chi connectivity index (χ1v) is 10.8. The third-order valence-corrected chi connectivity index (χ3v) is 6.42. The summed E-state index contributed by atoms with van der Waals surface area (Å²) in [6.07, 6.45) is 5.83. The van der Waals surface area contributed by atoms with Crippen LogP contribution in [0.4, 0.5) is 0 Å². The number of nitrogens with zero attached hydrogens (tertiary/aromatic N) is 2. The summed E-state index contributed by atoms with van der Waals surface area (Å²) in [7, 11) is 1.81. The Balaban J connectivity index is 1.59. The summed E-state index contributed by atoms with van der Waals surface area (Å²) in [5, 5.41) is 7.86. The van der Waals surface area contributed by atoms with Crippen molar-refractivity contribution in [3.8, 4) is 0 Å². The lowest BCUT2D eigenvalue weighted by Crippen LogP contribution is -2.49. The number of carbonyl (C=O) groups excluding carboxylic acids is 1. The molecule has 1 aliphatic heterocycles. The third kappa shape index (κ3) is 4.80. The Labute approximate surface area is 173 Å². The molecule has 1 amide bonds. The molecule has 1 heterocycles. The molecule has 1 saturated carbocycles. The van der Waals surface area contributed by atoms with Crippen molar-refractivity contribution < 1.29 is 4.79 Å². The molecular weight excluding hydrogens is 372 g/mol. The fraction of sp³-hybridized carbons (Fsp3) is 0.636. The van der Waals surface area contributed by atoms with Gasteiger partial charge in [0.1, 0.15) is 0 Å². The molecule has 1 aliphatic carbocycles. The first-order valence-electron chi connectivity index (χ1n) is 10.5. The van der Waals surface area contributed by atoms with Crippen LogP contribution in [-0.4, -0.2) is 49.5 Å². The van der Waals surface area contributed by atoms with Crippen molar-refractivity contribution >= 4 is 23.5 Å². The second-order valence-electron chi connectivity index (χ2n) is 8.49. The largest absolute Gasteiger partial charge is 0.356 e. The summed E-state index contributed by atoms with van der Waals surface area (Å²) in [5.41, 5.74) is 1.49. The van der Waals surface area contributed by atoms with Crippen LogP contribution in [0.1, 0.15) is 51.5 Å². The predicted octanol–water partition coefficient (Wildman–Crippen LogP) is 3.57. The van der Waals surface area contributed by atoms with Gasteiger partial charge in [0.2, 0.25) is 5.91 Å². The second kappa shape index (κ2) is 9.17. The van der Waals surface area contributed by atoms with Gasteiger partial charge in [-0.15, -0.1) is 0 Å². The second-order valence-corrected chi connectivity index (χ2v) is 8.93. The van der Waals surface area contributed by atoms with Crippen LogP contribution in [0.15, 0.2) is 29.3 Å². The van der Waals surface area contributed by atoms with Gasteiger partial charge in [0, 0.05) is 49.1 Å². The van der Waals surface area contributed by atoms with E-state index in [2.05, 4.69) is 27.8 Å². The monoisotopic (exact) mass is 404 g/mol. The summed E-state index contributed by atoms with van der Waals surface area (Å²) >= 11 is 6.09. The number of aliphatic imine (C=N–C) groups is 1. The average Bonchev–Trinajstić information content (AvgIpc) is 3.35. The van der Waals surface area contributed by atoms with E-state index in [1.807, 2.05) is 37.9 Å². The van der Waals surface area contributed by atoms with Crippen LogP contribution < -0.4 is 10.6 Å². The highest BCUT2D eigenvalue weighted by Crippen LogP contribution is 2.40. The summed E-state index contributed by atoms with van der Waals surface area (Å²) < 4.78 is 0. The standard InChI is InChI=1S/C22H33ClN4O/c1-16(2)20(28)27-13-10-19(14-27)26-21(24-3)25-15-22(11-4-5-12-22)17-6-8-18(23)9-7-17/h6-9,16,19H,4-5,10-15H2,1-3H3,(H2,24,25,26). The molecule has 1 unspecified atom stereocenters. The van der Waals surface area contributed by atoms with Gasteiger partial charge in [-0.25, -0.2) is 0 Å². The van der Waals surface area contributed by atoms with Crippen molar-refractivity contribution in [3.05, 3.63) is 34.9 Å². The van der Waals surface area contributed by atoms with Crippen LogP contribution in [0.2, 0.25) is 5.02 Å². The molecule has 0 spiro atoms. The molecule has 2 aliphatic rings. The highest BCUT2D eigenvalue weighted by Gasteiger charge is 2.36. The van der Waals surface area contributed by atoms with E-state index < -0.39 is 0 Å². The Morgan fingerprint density at radius 2 is 1.96 bits per heavy atom. The molecule has 0 aromatic heterocycles. The van der Waals surface area contributed by atoms with Gasteiger partial charge >= 0.3 is 0 Å². The van der Waals surface area contributed by atoms with Gasteiger partial charge in [0.05, 0.1) is 0 Å². The molecule has 1 atom stereocenters. The highest BCUT2D eigenvalue weighted by molar-refractivity contribution is 6.30. The average molecular weight is 405 g/mol. The van der Waals surface area contributed by atoms with Crippen LogP contribution in [-0.2, 0) is 10.2 Å². The van der Waals surface area contributed by atoms with Gasteiger partial charge in [-0.2, -0.15) is 0 Å². The van der Waals surface area contributed by atoms with Gasteiger partial charge in [-0.3, -0.25) is 9.79 Å². The molecule has 5 nitrogen and oxygen atoms in total. The van der Waals surface area contributed by atoms with Crippen molar-refractivity contribution in [2.24, 2.45) is 10.9 Å². The number of nitrogens with one attached hydrogen (secondary N) is 2. The van der Waals surface area contributed by atoms with Crippen molar-refractivity contribution in [1.29, 1.82) is 0 Å². The lowest BCUT2D eigenvalue weighted by atomic mass is 9.79. The first kappa shape index (κ1) is 21.0. The van der Waals surface area contributed by atoms with E-state index in [0.717, 1.165) is 37.0 Å². The van der Waals surface area contributed by atoms with Gasteiger partial charge in [0.15, 0.2) is 5.96 Å². The van der Waals surface area contributed by atoms with E-state index in [1.165, 1.54) is 31.2 Å². The predicted molar refractivity (Wildman–Crippen MR) is 116 cm³/mol. The summed E-state index contributed by atoms with van der Waals surface area (Å²) in [5.74, 6) is 1.11. The lowest BCUT2D eigenvalue weighted by molar-refractivity contribution is -0.133. The van der Waals surface area contributed by atoms with E-state index in [-0.39, 0.29) is 23.3 Å². The number of likely N-dealkylation sites (tertiary alicyclic amines) is 1. The van der Waals surface area contributed by atoms with E-state index in [4.69, 9.17) is 11.6 Å². The summed E-state index contributed by atoms with van der Waals surface area (Å²) in [4.78, 5) is 18.6. The van der Waals surface area contributed by atoms with Crippen LogP contribution in [0, 0.1) is 5.92 Å². The molecule has 0 radical (unpaired) electrons. The maximum absolute atomic E-state index is 12.2. The quantitative estimate of drug-likeness (QED) is 0.582.